The molecule has 0 heterocycles. The molecular formula is C13H24N2O5. The smallest absolute Gasteiger partial charge is 0.323 e. The number of methoxy groups -OCH3 is 1. The monoisotopic (exact) mass is 288 g/mol. The van der Waals surface area contributed by atoms with Gasteiger partial charge in [-0.05, 0) is 12.8 Å². The molecule has 0 unspecified atom stereocenters. The summed E-state index contributed by atoms with van der Waals surface area (Å²) in [5.74, 6) is -1.05. The van der Waals surface area contributed by atoms with Gasteiger partial charge in [-0.1, -0.05) is 6.08 Å². The summed E-state index contributed by atoms with van der Waals surface area (Å²) in [5, 5.41) is 11.4. The van der Waals surface area contributed by atoms with Gasteiger partial charge in [0, 0.05) is 26.8 Å². The number of urea groups is 1. The number of carboxylic acids is 1. The molecule has 0 atom stereocenters. The predicted octanol–water partition coefficient (Wildman–Crippen LogP) is 0.712. The Hall–Kier alpha value is -1.60. The summed E-state index contributed by atoms with van der Waals surface area (Å²) >= 11 is 0. The van der Waals surface area contributed by atoms with Crippen molar-refractivity contribution in [3.05, 3.63) is 12.7 Å². The third-order valence-corrected chi connectivity index (χ3v) is 2.39. The summed E-state index contributed by atoms with van der Waals surface area (Å²) in [6.07, 6.45) is 3.09. The summed E-state index contributed by atoms with van der Waals surface area (Å²) < 4.78 is 10.1. The number of unbranched alkanes of at least 4 members (excludes halogenated alkanes) is 1. The molecule has 0 aliphatic rings. The van der Waals surface area contributed by atoms with Crippen molar-refractivity contribution in [2.24, 2.45) is 0 Å². The number of hydrogen-bond acceptors (Lipinski definition) is 4. The zero-order valence-corrected chi connectivity index (χ0v) is 12.0. The molecule has 0 rings (SSSR count). The molecule has 7 nitrogen and oxygen atoms in total. The summed E-state index contributed by atoms with van der Waals surface area (Å²) in [7, 11) is 1.62. The fourth-order valence-corrected chi connectivity index (χ4v) is 1.42. The molecule has 2 N–H and O–H groups in total. The average molecular weight is 288 g/mol. The van der Waals surface area contributed by atoms with E-state index in [1.54, 1.807) is 7.11 Å². The van der Waals surface area contributed by atoms with Crippen LogP contribution in [0.25, 0.3) is 0 Å². The first-order valence-corrected chi connectivity index (χ1v) is 6.54. The summed E-state index contributed by atoms with van der Waals surface area (Å²) in [4.78, 5) is 23.5. The van der Waals surface area contributed by atoms with Crippen molar-refractivity contribution in [1.29, 1.82) is 0 Å². The van der Waals surface area contributed by atoms with Gasteiger partial charge in [-0.25, -0.2) is 4.79 Å². The Bertz CT molecular complexity index is 296. The Labute approximate surface area is 119 Å². The molecule has 7 heteroatoms. The van der Waals surface area contributed by atoms with E-state index in [1.807, 2.05) is 0 Å². The summed E-state index contributed by atoms with van der Waals surface area (Å²) in [5.41, 5.74) is 0. The van der Waals surface area contributed by atoms with E-state index in [2.05, 4.69) is 11.9 Å². The van der Waals surface area contributed by atoms with Gasteiger partial charge in [0.2, 0.25) is 0 Å². The van der Waals surface area contributed by atoms with Crippen LogP contribution < -0.4 is 5.32 Å². The average Bonchev–Trinajstić information content (AvgIpc) is 2.40. The van der Waals surface area contributed by atoms with Crippen LogP contribution in [0.1, 0.15) is 12.8 Å². The van der Waals surface area contributed by atoms with Crippen LogP contribution in [0.5, 0.6) is 0 Å². The van der Waals surface area contributed by atoms with Crippen molar-refractivity contribution >= 4 is 12.0 Å². The minimum Gasteiger partial charge on any atom is -0.480 e. The Kier molecular flexibility index (Phi) is 11.4. The highest BCUT2D eigenvalue weighted by Gasteiger charge is 2.14. The number of aliphatic carboxylic acids is 1. The van der Waals surface area contributed by atoms with E-state index in [9.17, 15) is 9.59 Å². The lowest BCUT2D eigenvalue weighted by atomic mass is 10.3. The number of nitrogens with one attached hydrogen (secondary N) is 1. The van der Waals surface area contributed by atoms with E-state index in [4.69, 9.17) is 14.6 Å². The van der Waals surface area contributed by atoms with Gasteiger partial charge >= 0.3 is 12.0 Å². The number of nitrogens with zero attached hydrogens (tertiary/aromatic N) is 1. The molecule has 20 heavy (non-hydrogen) atoms. The Balaban J connectivity index is 3.68. The van der Waals surface area contributed by atoms with E-state index in [-0.39, 0.29) is 13.1 Å². The van der Waals surface area contributed by atoms with Gasteiger partial charge in [0.15, 0.2) is 0 Å². The van der Waals surface area contributed by atoms with Crippen LogP contribution in [0.4, 0.5) is 4.79 Å². The van der Waals surface area contributed by atoms with Crippen LogP contribution in [0, 0.1) is 0 Å². The Morgan fingerprint density at radius 2 is 2.05 bits per heavy atom. The van der Waals surface area contributed by atoms with Crippen molar-refractivity contribution in [2.45, 2.75) is 12.8 Å². The van der Waals surface area contributed by atoms with Crippen molar-refractivity contribution in [3.8, 4) is 0 Å². The van der Waals surface area contributed by atoms with Crippen molar-refractivity contribution in [1.82, 2.24) is 10.2 Å². The van der Waals surface area contributed by atoms with Crippen LogP contribution in [0.3, 0.4) is 0 Å². The van der Waals surface area contributed by atoms with Gasteiger partial charge in [0.1, 0.15) is 6.54 Å². The largest absolute Gasteiger partial charge is 0.480 e. The third-order valence-electron chi connectivity index (χ3n) is 2.39. The van der Waals surface area contributed by atoms with Crippen LogP contribution >= 0.6 is 0 Å². The number of ether oxygens (including phenoxy) is 2. The fraction of sp³-hybridized carbons (Fsp3) is 0.692. The van der Waals surface area contributed by atoms with E-state index < -0.39 is 12.0 Å². The molecule has 0 spiro atoms. The lowest BCUT2D eigenvalue weighted by Gasteiger charge is -2.19. The summed E-state index contributed by atoms with van der Waals surface area (Å²) in [6, 6.07) is -0.396. The van der Waals surface area contributed by atoms with E-state index in [0.717, 1.165) is 12.8 Å². The van der Waals surface area contributed by atoms with Crippen LogP contribution in [-0.4, -0.2) is 68.6 Å². The van der Waals surface area contributed by atoms with Crippen molar-refractivity contribution < 1.29 is 24.2 Å². The SMILES string of the molecule is C=CCN(CC(=O)O)C(=O)NCCCCOCCOC. The first-order valence-electron chi connectivity index (χ1n) is 6.54. The number of rotatable bonds is 12. The van der Waals surface area contributed by atoms with Crippen LogP contribution in [0.2, 0.25) is 0 Å². The lowest BCUT2D eigenvalue weighted by Crippen LogP contribution is -2.43. The maximum absolute atomic E-state index is 11.7. The molecule has 0 saturated carbocycles. The lowest BCUT2D eigenvalue weighted by molar-refractivity contribution is -0.137. The Morgan fingerprint density at radius 3 is 2.65 bits per heavy atom. The molecule has 0 bridgehead atoms. The number of carboxylic acid groups (broad SMARTS) is 1. The van der Waals surface area contributed by atoms with E-state index >= 15 is 0 Å². The van der Waals surface area contributed by atoms with Gasteiger partial charge in [-0.3, -0.25) is 4.79 Å². The number of carbonyl (C=O) groups excluding carboxylic acids is 1. The number of carbonyl (C=O) groups is 2. The van der Waals surface area contributed by atoms with E-state index in [1.165, 1.54) is 11.0 Å². The highest BCUT2D eigenvalue weighted by molar-refractivity contribution is 5.80. The highest BCUT2D eigenvalue weighted by atomic mass is 16.5. The molecule has 0 aromatic rings. The second-order valence-electron chi connectivity index (χ2n) is 4.11. The minimum absolute atomic E-state index is 0.207. The maximum atomic E-state index is 11.7. The zero-order chi connectivity index (χ0) is 15.2. The van der Waals surface area contributed by atoms with Gasteiger partial charge in [-0.2, -0.15) is 0 Å². The van der Waals surface area contributed by atoms with Crippen LogP contribution in [0.15, 0.2) is 12.7 Å². The standard InChI is InChI=1S/C13H24N2O5/c1-3-7-15(11-12(16)17)13(18)14-6-4-5-8-20-10-9-19-2/h3H,1,4-11H2,2H3,(H,14,18)(H,16,17). The fourth-order valence-electron chi connectivity index (χ4n) is 1.42. The highest BCUT2D eigenvalue weighted by Crippen LogP contribution is 1.93. The molecule has 0 aliphatic heterocycles. The number of hydrogen-bond donors (Lipinski definition) is 2. The maximum Gasteiger partial charge on any atom is 0.323 e. The molecule has 0 saturated heterocycles. The first-order chi connectivity index (χ1) is 9.61. The molecule has 0 aromatic carbocycles. The number of amides is 2. The van der Waals surface area contributed by atoms with Gasteiger partial charge < -0.3 is 24.8 Å². The summed E-state index contributed by atoms with van der Waals surface area (Å²) in [6.45, 7) is 5.60. The molecule has 2 amide bonds. The predicted molar refractivity (Wildman–Crippen MR) is 74.7 cm³/mol. The molecular weight excluding hydrogens is 264 g/mol. The molecule has 116 valence electrons. The molecule has 0 fully saturated rings. The van der Waals surface area contributed by atoms with Crippen molar-refractivity contribution in [2.75, 3.05) is 46.6 Å². The van der Waals surface area contributed by atoms with Crippen molar-refractivity contribution in [3.63, 3.8) is 0 Å². The second-order valence-corrected chi connectivity index (χ2v) is 4.11. The molecule has 0 radical (unpaired) electrons. The topological polar surface area (TPSA) is 88.1 Å². The second kappa shape index (κ2) is 12.4. The zero-order valence-electron chi connectivity index (χ0n) is 12.0. The molecule has 0 aliphatic carbocycles. The van der Waals surface area contributed by atoms with E-state index in [0.29, 0.717) is 26.4 Å². The normalized spacial score (nSPS) is 10.1. The minimum atomic E-state index is -1.05. The quantitative estimate of drug-likeness (QED) is 0.408. The van der Waals surface area contributed by atoms with Gasteiger partial charge in [0.05, 0.1) is 13.2 Å². The van der Waals surface area contributed by atoms with Gasteiger partial charge in [0.25, 0.3) is 0 Å². The molecule has 0 aromatic heterocycles. The Morgan fingerprint density at radius 1 is 1.30 bits per heavy atom. The first kappa shape index (κ1) is 18.4. The van der Waals surface area contributed by atoms with Gasteiger partial charge in [-0.15, -0.1) is 6.58 Å². The van der Waals surface area contributed by atoms with Crippen LogP contribution in [-0.2, 0) is 14.3 Å². The third kappa shape index (κ3) is 10.3.